The first-order chi connectivity index (χ1) is 10.6. The highest BCUT2D eigenvalue weighted by atomic mass is 35.5. The standard InChI is InChI=1S/C17H22ClNO3/c1-11-3-2-4-15(5-11)19-16(20)8-12-6-14(18)7-13-9-21-10-22-17(12)13/h6-7,11,15H,2-5,8-10H2,1H3,(H,19,20)/t11-,15+/m0/s1. The van der Waals surface area contributed by atoms with E-state index in [1.807, 2.05) is 12.1 Å². The van der Waals surface area contributed by atoms with Gasteiger partial charge in [-0.1, -0.05) is 31.4 Å². The molecular weight excluding hydrogens is 302 g/mol. The van der Waals surface area contributed by atoms with Crippen molar-refractivity contribution in [1.82, 2.24) is 5.32 Å². The number of hydrogen-bond donors (Lipinski definition) is 1. The quantitative estimate of drug-likeness (QED) is 0.927. The summed E-state index contributed by atoms with van der Waals surface area (Å²) in [4.78, 5) is 12.3. The molecule has 1 aromatic carbocycles. The van der Waals surface area contributed by atoms with E-state index in [1.54, 1.807) is 0 Å². The lowest BCUT2D eigenvalue weighted by atomic mass is 9.87. The maximum absolute atomic E-state index is 12.3. The number of fused-ring (bicyclic) bond motifs is 1. The topological polar surface area (TPSA) is 47.6 Å². The first kappa shape index (κ1) is 15.6. The second-order valence-corrected chi connectivity index (χ2v) is 6.81. The Bertz CT molecular complexity index is 561. The van der Waals surface area contributed by atoms with Crippen molar-refractivity contribution in [3.05, 3.63) is 28.3 Å². The van der Waals surface area contributed by atoms with E-state index in [1.165, 1.54) is 12.8 Å². The predicted molar refractivity (Wildman–Crippen MR) is 85.0 cm³/mol. The van der Waals surface area contributed by atoms with Gasteiger partial charge in [-0.2, -0.15) is 0 Å². The zero-order chi connectivity index (χ0) is 15.5. The van der Waals surface area contributed by atoms with Crippen molar-refractivity contribution in [2.24, 2.45) is 5.92 Å². The second-order valence-electron chi connectivity index (χ2n) is 6.38. The Kier molecular flexibility index (Phi) is 4.89. The Labute approximate surface area is 136 Å². The van der Waals surface area contributed by atoms with Crippen LogP contribution in [-0.2, 0) is 22.6 Å². The van der Waals surface area contributed by atoms with Gasteiger partial charge in [0.2, 0.25) is 5.91 Å². The molecule has 1 aliphatic carbocycles. The number of carbonyl (C=O) groups is 1. The molecule has 3 rings (SSSR count). The van der Waals surface area contributed by atoms with E-state index < -0.39 is 0 Å². The maximum atomic E-state index is 12.3. The van der Waals surface area contributed by atoms with Crippen LogP contribution in [0.25, 0.3) is 0 Å². The SMILES string of the molecule is C[C@H]1CCC[C@@H](NC(=O)Cc2cc(Cl)cc3c2OCOC3)C1. The number of halogens is 1. The Hall–Kier alpha value is -1.26. The average molecular weight is 324 g/mol. The van der Waals surface area contributed by atoms with E-state index in [0.29, 0.717) is 30.0 Å². The largest absolute Gasteiger partial charge is 0.467 e. The molecule has 0 spiro atoms. The third-order valence-corrected chi connectivity index (χ3v) is 4.62. The van der Waals surface area contributed by atoms with Crippen molar-refractivity contribution in [2.75, 3.05) is 6.79 Å². The Morgan fingerprint density at radius 3 is 3.09 bits per heavy atom. The molecule has 1 aliphatic heterocycles. The molecule has 0 radical (unpaired) electrons. The summed E-state index contributed by atoms with van der Waals surface area (Å²) in [7, 11) is 0. The van der Waals surface area contributed by atoms with Gasteiger partial charge in [-0.15, -0.1) is 0 Å². The van der Waals surface area contributed by atoms with Gasteiger partial charge in [0.15, 0.2) is 6.79 Å². The normalized spacial score (nSPS) is 24.3. The molecule has 0 aromatic heterocycles. The van der Waals surface area contributed by atoms with Gasteiger partial charge in [0.05, 0.1) is 13.0 Å². The summed E-state index contributed by atoms with van der Waals surface area (Å²) in [6.07, 6.45) is 4.91. The molecule has 1 aromatic rings. The molecule has 1 amide bonds. The first-order valence-electron chi connectivity index (χ1n) is 7.93. The van der Waals surface area contributed by atoms with Crippen LogP contribution in [0.3, 0.4) is 0 Å². The zero-order valence-electron chi connectivity index (χ0n) is 12.9. The van der Waals surface area contributed by atoms with Crippen LogP contribution in [-0.4, -0.2) is 18.7 Å². The number of rotatable bonds is 3. The van der Waals surface area contributed by atoms with E-state index in [0.717, 1.165) is 29.7 Å². The lowest BCUT2D eigenvalue weighted by molar-refractivity contribution is -0.121. The molecule has 120 valence electrons. The van der Waals surface area contributed by atoms with Crippen molar-refractivity contribution < 1.29 is 14.3 Å². The van der Waals surface area contributed by atoms with Gasteiger partial charge in [-0.25, -0.2) is 0 Å². The van der Waals surface area contributed by atoms with Crippen LogP contribution in [0.15, 0.2) is 12.1 Å². The van der Waals surface area contributed by atoms with Crippen LogP contribution >= 0.6 is 11.6 Å². The lowest BCUT2D eigenvalue weighted by Crippen LogP contribution is -2.38. The van der Waals surface area contributed by atoms with Crippen LogP contribution in [0.1, 0.15) is 43.7 Å². The van der Waals surface area contributed by atoms with Gasteiger partial charge in [-0.3, -0.25) is 4.79 Å². The molecular formula is C17H22ClNO3. The minimum atomic E-state index is 0.0404. The first-order valence-corrected chi connectivity index (χ1v) is 8.31. The van der Waals surface area contributed by atoms with E-state index in [9.17, 15) is 4.79 Å². The second kappa shape index (κ2) is 6.88. The van der Waals surface area contributed by atoms with E-state index >= 15 is 0 Å². The molecule has 1 N–H and O–H groups in total. The van der Waals surface area contributed by atoms with Crippen molar-refractivity contribution in [1.29, 1.82) is 0 Å². The highest BCUT2D eigenvalue weighted by Gasteiger charge is 2.22. The fourth-order valence-electron chi connectivity index (χ4n) is 3.40. The van der Waals surface area contributed by atoms with Crippen molar-refractivity contribution >= 4 is 17.5 Å². The third-order valence-electron chi connectivity index (χ3n) is 4.40. The summed E-state index contributed by atoms with van der Waals surface area (Å²) < 4.78 is 10.8. The van der Waals surface area contributed by atoms with E-state index in [4.69, 9.17) is 21.1 Å². The molecule has 1 heterocycles. The predicted octanol–water partition coefficient (Wildman–Crippen LogP) is 3.44. The number of nitrogens with one attached hydrogen (secondary N) is 1. The number of benzene rings is 1. The Balaban J connectivity index is 1.67. The number of hydrogen-bond acceptors (Lipinski definition) is 3. The van der Waals surface area contributed by atoms with Gasteiger partial charge >= 0.3 is 0 Å². The van der Waals surface area contributed by atoms with Crippen LogP contribution < -0.4 is 10.1 Å². The van der Waals surface area contributed by atoms with Gasteiger partial charge in [0, 0.05) is 22.2 Å². The van der Waals surface area contributed by atoms with Crippen LogP contribution in [0.2, 0.25) is 5.02 Å². The fourth-order valence-corrected chi connectivity index (χ4v) is 3.67. The molecule has 4 nitrogen and oxygen atoms in total. The molecule has 5 heteroatoms. The summed E-state index contributed by atoms with van der Waals surface area (Å²) in [6, 6.07) is 3.95. The van der Waals surface area contributed by atoms with Gasteiger partial charge in [0.1, 0.15) is 5.75 Å². The van der Waals surface area contributed by atoms with E-state index in [2.05, 4.69) is 12.2 Å². The lowest BCUT2D eigenvalue weighted by Gasteiger charge is -2.27. The molecule has 0 bridgehead atoms. The smallest absolute Gasteiger partial charge is 0.224 e. The average Bonchev–Trinajstić information content (AvgIpc) is 2.47. The van der Waals surface area contributed by atoms with E-state index in [-0.39, 0.29) is 12.7 Å². The number of carbonyl (C=O) groups excluding carboxylic acids is 1. The monoisotopic (exact) mass is 323 g/mol. The Morgan fingerprint density at radius 1 is 1.41 bits per heavy atom. The van der Waals surface area contributed by atoms with Gasteiger partial charge in [-0.05, 0) is 30.9 Å². The fraction of sp³-hybridized carbons (Fsp3) is 0.588. The summed E-state index contributed by atoms with van der Waals surface area (Å²) in [5, 5.41) is 3.77. The molecule has 1 fully saturated rings. The van der Waals surface area contributed by atoms with Crippen molar-refractivity contribution in [2.45, 2.75) is 51.7 Å². The highest BCUT2D eigenvalue weighted by molar-refractivity contribution is 6.30. The molecule has 2 aliphatic rings. The van der Waals surface area contributed by atoms with Crippen LogP contribution in [0.4, 0.5) is 0 Å². The van der Waals surface area contributed by atoms with Crippen molar-refractivity contribution in [3.63, 3.8) is 0 Å². The third kappa shape index (κ3) is 3.73. The van der Waals surface area contributed by atoms with Gasteiger partial charge in [0.25, 0.3) is 0 Å². The van der Waals surface area contributed by atoms with Crippen molar-refractivity contribution in [3.8, 4) is 5.75 Å². The number of amides is 1. The van der Waals surface area contributed by atoms with Crippen LogP contribution in [0.5, 0.6) is 5.75 Å². The van der Waals surface area contributed by atoms with Crippen LogP contribution in [0, 0.1) is 5.92 Å². The summed E-state index contributed by atoms with van der Waals surface area (Å²) in [5.74, 6) is 1.49. The molecule has 1 saturated carbocycles. The number of ether oxygens (including phenoxy) is 2. The maximum Gasteiger partial charge on any atom is 0.224 e. The summed E-state index contributed by atoms with van der Waals surface area (Å²) >= 11 is 6.13. The minimum Gasteiger partial charge on any atom is -0.467 e. The minimum absolute atomic E-state index is 0.0404. The summed E-state index contributed by atoms with van der Waals surface area (Å²) in [5.41, 5.74) is 1.75. The molecule has 0 saturated heterocycles. The molecule has 22 heavy (non-hydrogen) atoms. The molecule has 2 atom stereocenters. The van der Waals surface area contributed by atoms with Gasteiger partial charge < -0.3 is 14.8 Å². The highest BCUT2D eigenvalue weighted by Crippen LogP contribution is 2.32. The Morgan fingerprint density at radius 2 is 2.27 bits per heavy atom. The molecule has 0 unspecified atom stereocenters. The zero-order valence-corrected chi connectivity index (χ0v) is 13.6. The summed E-state index contributed by atoms with van der Waals surface area (Å²) in [6.45, 7) is 2.95.